The first-order valence-electron chi connectivity index (χ1n) is 7.71. The van der Waals surface area contributed by atoms with Gasteiger partial charge in [-0.1, -0.05) is 0 Å². The summed E-state index contributed by atoms with van der Waals surface area (Å²) in [5.41, 5.74) is 5.35. The second-order valence-electron chi connectivity index (χ2n) is 5.86. The van der Waals surface area contributed by atoms with Crippen molar-refractivity contribution in [2.45, 2.75) is 25.7 Å². The van der Waals surface area contributed by atoms with Crippen LogP contribution in [0, 0.1) is 6.92 Å². The van der Waals surface area contributed by atoms with E-state index in [4.69, 9.17) is 4.98 Å². The predicted molar refractivity (Wildman–Crippen MR) is 87.7 cm³/mol. The fourth-order valence-corrected chi connectivity index (χ4v) is 3.69. The molecule has 0 aromatic carbocycles. The highest BCUT2D eigenvalue weighted by molar-refractivity contribution is 7.07. The van der Waals surface area contributed by atoms with Gasteiger partial charge in [-0.15, -0.1) is 11.3 Å². The maximum absolute atomic E-state index is 12.3. The van der Waals surface area contributed by atoms with Crippen molar-refractivity contribution in [3.05, 3.63) is 46.3 Å². The van der Waals surface area contributed by atoms with E-state index in [0.29, 0.717) is 11.6 Å². The maximum Gasteiger partial charge on any atom is 0.273 e. The Labute approximate surface area is 137 Å². The molecule has 0 unspecified atom stereocenters. The van der Waals surface area contributed by atoms with Crippen LogP contribution in [0.5, 0.6) is 0 Å². The number of piperidine rings is 1. The van der Waals surface area contributed by atoms with E-state index in [1.165, 1.54) is 11.3 Å². The lowest BCUT2D eigenvalue weighted by Gasteiger charge is -2.31. The van der Waals surface area contributed by atoms with Crippen LogP contribution in [-0.2, 0) is 0 Å². The fraction of sp³-hybridized carbons (Fsp3) is 0.375. The number of hydrogen-bond donors (Lipinski definition) is 0. The number of aryl methyl sites for hydroxylation is 1. The van der Waals surface area contributed by atoms with E-state index in [-0.39, 0.29) is 5.91 Å². The highest BCUT2D eigenvalue weighted by atomic mass is 32.1. The third-order valence-corrected chi connectivity index (χ3v) is 5.00. The molecule has 3 aromatic heterocycles. The second kappa shape index (κ2) is 5.73. The van der Waals surface area contributed by atoms with Crippen LogP contribution in [0.25, 0.3) is 5.65 Å². The molecular formula is C16H17N5OS. The Hall–Kier alpha value is -2.28. The first-order chi connectivity index (χ1) is 11.2. The fourth-order valence-electron chi connectivity index (χ4n) is 3.16. The van der Waals surface area contributed by atoms with Gasteiger partial charge in [-0.3, -0.25) is 4.79 Å². The number of thiazole rings is 1. The number of fused-ring (bicyclic) bond motifs is 1. The van der Waals surface area contributed by atoms with Crippen molar-refractivity contribution >= 4 is 22.9 Å². The Morgan fingerprint density at radius 2 is 2.17 bits per heavy atom. The summed E-state index contributed by atoms with van der Waals surface area (Å²) in [6.45, 7) is 3.56. The minimum Gasteiger partial charge on any atom is -0.337 e. The Morgan fingerprint density at radius 3 is 2.91 bits per heavy atom. The van der Waals surface area contributed by atoms with E-state index in [2.05, 4.69) is 16.1 Å². The lowest BCUT2D eigenvalue weighted by molar-refractivity contribution is 0.0707. The summed E-state index contributed by atoms with van der Waals surface area (Å²) >= 11 is 1.46. The molecule has 4 heterocycles. The quantitative estimate of drug-likeness (QED) is 0.725. The van der Waals surface area contributed by atoms with Crippen LogP contribution in [0.3, 0.4) is 0 Å². The van der Waals surface area contributed by atoms with Crippen molar-refractivity contribution in [2.75, 3.05) is 13.1 Å². The second-order valence-corrected chi connectivity index (χ2v) is 6.58. The molecule has 7 heteroatoms. The number of nitrogens with zero attached hydrogens (tertiary/aromatic N) is 5. The zero-order chi connectivity index (χ0) is 15.8. The van der Waals surface area contributed by atoms with Gasteiger partial charge in [0.05, 0.1) is 11.7 Å². The smallest absolute Gasteiger partial charge is 0.273 e. The Bertz CT molecular complexity index is 833. The third kappa shape index (κ3) is 2.61. The molecule has 1 amide bonds. The lowest BCUT2D eigenvalue weighted by Crippen LogP contribution is -2.38. The van der Waals surface area contributed by atoms with E-state index in [0.717, 1.165) is 43.0 Å². The summed E-state index contributed by atoms with van der Waals surface area (Å²) in [6.07, 6.45) is 3.65. The molecule has 0 bridgehead atoms. The number of rotatable bonds is 2. The molecule has 0 spiro atoms. The Kier molecular flexibility index (Phi) is 3.57. The van der Waals surface area contributed by atoms with Crippen molar-refractivity contribution < 1.29 is 4.79 Å². The van der Waals surface area contributed by atoms with Gasteiger partial charge >= 0.3 is 0 Å². The van der Waals surface area contributed by atoms with Gasteiger partial charge in [0.15, 0.2) is 5.65 Å². The monoisotopic (exact) mass is 327 g/mol. The molecule has 0 N–H and O–H groups in total. The topological polar surface area (TPSA) is 63.4 Å². The standard InChI is InChI=1S/C16H17N5OS/c1-11-8-13(19-15-2-5-18-21(11)15)12-3-6-20(7-4-12)16(22)14-9-23-10-17-14/h2,5,8-10,12H,3-4,6-7H2,1H3. The van der Waals surface area contributed by atoms with Gasteiger partial charge in [0, 0.05) is 41.8 Å². The van der Waals surface area contributed by atoms with E-state index < -0.39 is 0 Å². The van der Waals surface area contributed by atoms with Crippen LogP contribution in [0.1, 0.15) is 40.6 Å². The van der Waals surface area contributed by atoms with Crippen LogP contribution in [0.4, 0.5) is 0 Å². The largest absolute Gasteiger partial charge is 0.337 e. The van der Waals surface area contributed by atoms with Gasteiger partial charge in [-0.2, -0.15) is 5.10 Å². The molecule has 0 radical (unpaired) electrons. The summed E-state index contributed by atoms with van der Waals surface area (Å²) in [7, 11) is 0. The number of carbonyl (C=O) groups excluding carboxylic acids is 1. The van der Waals surface area contributed by atoms with Crippen molar-refractivity contribution in [1.82, 2.24) is 24.5 Å². The first kappa shape index (κ1) is 14.3. The van der Waals surface area contributed by atoms with Crippen molar-refractivity contribution in [3.8, 4) is 0 Å². The summed E-state index contributed by atoms with van der Waals surface area (Å²) < 4.78 is 1.85. The lowest BCUT2D eigenvalue weighted by atomic mass is 9.93. The van der Waals surface area contributed by atoms with Gasteiger partial charge in [0.25, 0.3) is 5.91 Å². The SMILES string of the molecule is Cc1cc(C2CCN(C(=O)c3cscn3)CC2)nc2ccnn12. The van der Waals surface area contributed by atoms with Gasteiger partial charge in [-0.25, -0.2) is 14.5 Å². The average molecular weight is 327 g/mol. The van der Waals surface area contributed by atoms with E-state index >= 15 is 0 Å². The summed E-state index contributed by atoms with van der Waals surface area (Å²) in [5.74, 6) is 0.438. The molecular weight excluding hydrogens is 310 g/mol. The molecule has 1 fully saturated rings. The van der Waals surface area contributed by atoms with E-state index in [1.54, 1.807) is 11.7 Å². The Balaban J connectivity index is 1.49. The zero-order valence-corrected chi connectivity index (χ0v) is 13.7. The van der Waals surface area contributed by atoms with Gasteiger partial charge in [0.2, 0.25) is 0 Å². The minimum atomic E-state index is 0.0417. The molecule has 1 saturated heterocycles. The maximum atomic E-state index is 12.3. The van der Waals surface area contributed by atoms with Crippen LogP contribution in [-0.4, -0.2) is 43.5 Å². The molecule has 23 heavy (non-hydrogen) atoms. The average Bonchev–Trinajstić information content (AvgIpc) is 3.26. The van der Waals surface area contributed by atoms with Crippen molar-refractivity contribution in [3.63, 3.8) is 0 Å². The van der Waals surface area contributed by atoms with Gasteiger partial charge in [0.1, 0.15) is 5.69 Å². The highest BCUT2D eigenvalue weighted by Crippen LogP contribution is 2.28. The molecule has 118 valence electrons. The molecule has 0 aliphatic carbocycles. The van der Waals surface area contributed by atoms with Gasteiger partial charge < -0.3 is 4.90 Å². The summed E-state index contributed by atoms with van der Waals surface area (Å²) in [6, 6.07) is 4.04. The van der Waals surface area contributed by atoms with E-state index in [1.807, 2.05) is 27.8 Å². The van der Waals surface area contributed by atoms with Crippen molar-refractivity contribution in [1.29, 1.82) is 0 Å². The normalized spacial score (nSPS) is 16.1. The number of likely N-dealkylation sites (tertiary alicyclic amines) is 1. The molecule has 0 saturated carbocycles. The number of hydrogen-bond acceptors (Lipinski definition) is 5. The van der Waals surface area contributed by atoms with Crippen LogP contribution < -0.4 is 0 Å². The molecule has 1 aliphatic rings. The molecule has 6 nitrogen and oxygen atoms in total. The number of aromatic nitrogens is 4. The molecule has 1 aliphatic heterocycles. The van der Waals surface area contributed by atoms with E-state index in [9.17, 15) is 4.79 Å². The van der Waals surface area contributed by atoms with Crippen LogP contribution in [0.2, 0.25) is 0 Å². The summed E-state index contributed by atoms with van der Waals surface area (Å²) in [4.78, 5) is 23.1. The highest BCUT2D eigenvalue weighted by Gasteiger charge is 2.26. The van der Waals surface area contributed by atoms with Crippen LogP contribution in [0.15, 0.2) is 29.2 Å². The molecule has 4 rings (SSSR count). The molecule has 3 aromatic rings. The third-order valence-electron chi connectivity index (χ3n) is 4.41. The predicted octanol–water partition coefficient (Wildman–Crippen LogP) is 2.51. The Morgan fingerprint density at radius 1 is 1.35 bits per heavy atom. The number of carbonyl (C=O) groups is 1. The first-order valence-corrected chi connectivity index (χ1v) is 8.65. The molecule has 0 atom stereocenters. The zero-order valence-electron chi connectivity index (χ0n) is 12.8. The van der Waals surface area contributed by atoms with Gasteiger partial charge in [-0.05, 0) is 25.8 Å². The van der Waals surface area contributed by atoms with Crippen molar-refractivity contribution in [2.24, 2.45) is 0 Å². The van der Waals surface area contributed by atoms with Crippen LogP contribution >= 0.6 is 11.3 Å². The minimum absolute atomic E-state index is 0.0417. The summed E-state index contributed by atoms with van der Waals surface area (Å²) in [5, 5.41) is 6.08. The number of amides is 1.